The maximum absolute atomic E-state index is 13.8. The van der Waals surface area contributed by atoms with E-state index in [9.17, 15) is 14.4 Å². The number of nitrogens with zero attached hydrogens (tertiary/aromatic N) is 5. The molecule has 43 heavy (non-hydrogen) atoms. The maximum atomic E-state index is 13.8. The van der Waals surface area contributed by atoms with E-state index < -0.39 is 11.5 Å². The van der Waals surface area contributed by atoms with E-state index in [2.05, 4.69) is 16.3 Å². The Hall–Kier alpha value is -3.93. The molecule has 2 bridgehead atoms. The van der Waals surface area contributed by atoms with Crippen LogP contribution in [0.25, 0.3) is 11.3 Å². The molecule has 1 saturated heterocycles. The number of fused-ring (bicyclic) bond motifs is 3. The lowest BCUT2D eigenvalue weighted by molar-refractivity contribution is -0.136. The minimum Gasteiger partial charge on any atom is -0.355 e. The van der Waals surface area contributed by atoms with Crippen LogP contribution in [0, 0.1) is 5.92 Å². The summed E-state index contributed by atoms with van der Waals surface area (Å²) in [5.74, 6) is -0.200. The number of carbonyl (C=O) groups excluding carboxylic acids is 2. The van der Waals surface area contributed by atoms with Gasteiger partial charge in [-0.1, -0.05) is 36.5 Å². The van der Waals surface area contributed by atoms with Gasteiger partial charge in [-0.05, 0) is 48.7 Å². The summed E-state index contributed by atoms with van der Waals surface area (Å²) in [6, 6.07) is 10.4. The van der Waals surface area contributed by atoms with Crippen molar-refractivity contribution in [3.05, 3.63) is 86.9 Å². The normalized spacial score (nSPS) is 21.7. The van der Waals surface area contributed by atoms with E-state index in [0.29, 0.717) is 66.0 Å². The fourth-order valence-electron chi connectivity index (χ4n) is 6.01. The first-order valence-corrected chi connectivity index (χ1v) is 15.0. The van der Waals surface area contributed by atoms with Crippen molar-refractivity contribution in [3.8, 4) is 11.3 Å². The number of amides is 2. The van der Waals surface area contributed by atoms with Gasteiger partial charge in [-0.25, -0.2) is 4.98 Å². The van der Waals surface area contributed by atoms with Crippen molar-refractivity contribution in [1.82, 2.24) is 35.7 Å². The average molecular weight is 624 g/mol. The van der Waals surface area contributed by atoms with Gasteiger partial charge in [0.2, 0.25) is 11.8 Å². The van der Waals surface area contributed by atoms with Crippen molar-refractivity contribution in [1.29, 1.82) is 0 Å². The average Bonchev–Trinajstić information content (AvgIpc) is 3.40. The molecule has 11 nitrogen and oxygen atoms in total. The van der Waals surface area contributed by atoms with Crippen molar-refractivity contribution in [2.75, 3.05) is 24.6 Å². The number of aromatic nitrogens is 3. The molecule has 1 aromatic carbocycles. The number of hydrazine groups is 2. The summed E-state index contributed by atoms with van der Waals surface area (Å²) >= 11 is 12.4. The summed E-state index contributed by atoms with van der Waals surface area (Å²) in [7, 11) is 0. The second kappa shape index (κ2) is 11.6. The van der Waals surface area contributed by atoms with Gasteiger partial charge >= 0.3 is 0 Å². The van der Waals surface area contributed by atoms with Gasteiger partial charge in [-0.2, -0.15) is 0 Å². The first kappa shape index (κ1) is 29.2. The summed E-state index contributed by atoms with van der Waals surface area (Å²) in [6.07, 6.45) is 6.93. The lowest BCUT2D eigenvalue weighted by Crippen LogP contribution is -2.65. The Kier molecular flexibility index (Phi) is 7.89. The zero-order chi connectivity index (χ0) is 30.3. The third-order valence-electron chi connectivity index (χ3n) is 8.53. The lowest BCUT2D eigenvalue weighted by atomic mass is 9.73. The molecule has 2 aromatic heterocycles. The van der Waals surface area contributed by atoms with Crippen LogP contribution in [0.2, 0.25) is 5.02 Å². The number of halogens is 2. The number of nitrogens with one attached hydrogen (secondary N) is 3. The Labute approximate surface area is 258 Å². The number of hydrogen-bond acceptors (Lipinski definition) is 8. The quantitative estimate of drug-likeness (QED) is 0.379. The van der Waals surface area contributed by atoms with E-state index >= 15 is 0 Å². The predicted octanol–water partition coefficient (Wildman–Crippen LogP) is 3.45. The van der Waals surface area contributed by atoms with Crippen LogP contribution in [0.15, 0.2) is 65.1 Å². The van der Waals surface area contributed by atoms with Crippen LogP contribution >= 0.6 is 23.2 Å². The molecule has 1 spiro atoms. The minimum atomic E-state index is -0.422. The van der Waals surface area contributed by atoms with Gasteiger partial charge in [-0.3, -0.25) is 34.4 Å². The van der Waals surface area contributed by atoms with E-state index in [4.69, 9.17) is 33.2 Å². The van der Waals surface area contributed by atoms with E-state index in [0.717, 1.165) is 11.3 Å². The van der Waals surface area contributed by atoms with E-state index in [-0.39, 0.29) is 23.3 Å². The van der Waals surface area contributed by atoms with Crippen LogP contribution in [-0.4, -0.2) is 50.9 Å². The molecule has 1 fully saturated rings. The topological polar surface area (TPSA) is 124 Å². The third kappa shape index (κ3) is 5.72. The lowest BCUT2D eigenvalue weighted by Gasteiger charge is -2.50. The monoisotopic (exact) mass is 622 g/mol. The molecule has 5 heterocycles. The number of likely N-dealkylation sites (tertiary alicyclic amines) is 1. The first-order chi connectivity index (χ1) is 20.6. The van der Waals surface area contributed by atoms with Crippen LogP contribution in [0.5, 0.6) is 0 Å². The highest BCUT2D eigenvalue weighted by Crippen LogP contribution is 2.37. The number of pyridine rings is 1. The largest absolute Gasteiger partial charge is 0.355 e. The number of rotatable bonds is 3. The summed E-state index contributed by atoms with van der Waals surface area (Å²) < 4.78 is 1.61. The third-order valence-corrected chi connectivity index (χ3v) is 8.96. The number of carbonyl (C=O) groups is 2. The molecule has 0 aliphatic carbocycles. The zero-order valence-corrected chi connectivity index (χ0v) is 25.3. The molecule has 2 amide bonds. The van der Waals surface area contributed by atoms with Crippen molar-refractivity contribution >= 4 is 40.7 Å². The molecule has 6 rings (SSSR count). The molecule has 3 aliphatic heterocycles. The number of benzene rings is 1. The Bertz CT molecular complexity index is 1670. The first-order valence-electron chi connectivity index (χ1n) is 14.2. The second-order valence-electron chi connectivity index (χ2n) is 11.5. The number of anilines is 1. The van der Waals surface area contributed by atoms with Gasteiger partial charge < -0.3 is 10.2 Å². The molecular formula is C30H32Cl2N8O3. The SMILES string of the molecule is CC(=O)N1CC2(CNC(=O)[C@H](C)CCC[C@H](n3cnc(-c4cc(Cl)ccc4N4C=C(Cl)NN4)cc3=O)c3cc2ccn3)C1. The van der Waals surface area contributed by atoms with Crippen molar-refractivity contribution < 1.29 is 9.59 Å². The molecule has 0 radical (unpaired) electrons. The van der Waals surface area contributed by atoms with Gasteiger partial charge in [0.1, 0.15) is 5.16 Å². The Morgan fingerprint density at radius 3 is 2.60 bits per heavy atom. The molecule has 13 heteroatoms. The molecule has 2 atom stereocenters. The van der Waals surface area contributed by atoms with E-state index in [1.54, 1.807) is 52.3 Å². The van der Waals surface area contributed by atoms with Crippen LogP contribution in [-0.2, 0) is 15.0 Å². The highest BCUT2D eigenvalue weighted by molar-refractivity contribution is 6.31. The van der Waals surface area contributed by atoms with E-state index in [1.165, 1.54) is 6.07 Å². The molecule has 3 aromatic rings. The molecule has 0 saturated carbocycles. The van der Waals surface area contributed by atoms with Gasteiger partial charge in [-0.15, -0.1) is 5.53 Å². The van der Waals surface area contributed by atoms with E-state index in [1.807, 2.05) is 25.1 Å². The van der Waals surface area contributed by atoms with Crippen molar-refractivity contribution in [2.24, 2.45) is 5.92 Å². The van der Waals surface area contributed by atoms with Gasteiger partial charge in [0.05, 0.1) is 35.6 Å². The van der Waals surface area contributed by atoms with Gasteiger partial charge in [0.15, 0.2) is 0 Å². The molecular weight excluding hydrogens is 591 g/mol. The highest BCUT2D eigenvalue weighted by atomic mass is 35.5. The fourth-order valence-corrected chi connectivity index (χ4v) is 6.32. The zero-order valence-electron chi connectivity index (χ0n) is 23.8. The number of hydrogen-bond donors (Lipinski definition) is 3. The van der Waals surface area contributed by atoms with Crippen LogP contribution in [0.3, 0.4) is 0 Å². The fraction of sp³-hybridized carbons (Fsp3) is 0.367. The molecule has 224 valence electrons. The second-order valence-corrected chi connectivity index (χ2v) is 12.3. The molecule has 3 N–H and O–H groups in total. The molecule has 0 unspecified atom stereocenters. The van der Waals surface area contributed by atoms with Crippen molar-refractivity contribution in [2.45, 2.75) is 44.6 Å². The summed E-state index contributed by atoms with van der Waals surface area (Å²) in [5.41, 5.74) is 8.62. The predicted molar refractivity (Wildman–Crippen MR) is 164 cm³/mol. The van der Waals surface area contributed by atoms with Crippen LogP contribution < -0.4 is 26.8 Å². The van der Waals surface area contributed by atoms with Crippen LogP contribution in [0.1, 0.15) is 50.4 Å². The minimum absolute atomic E-state index is 0.0000598. The highest BCUT2D eigenvalue weighted by Gasteiger charge is 2.46. The Morgan fingerprint density at radius 2 is 1.88 bits per heavy atom. The van der Waals surface area contributed by atoms with Crippen LogP contribution in [0.4, 0.5) is 5.69 Å². The van der Waals surface area contributed by atoms with Crippen molar-refractivity contribution in [3.63, 3.8) is 0 Å². The standard InChI is InChI=1S/C30H32Cl2N8O3/c1-18-4-3-5-26(24-10-20(8-9-33-24)30(14-34-29(18)43)15-38(16-30)19(2)41)39-17-35-23(12-28(39)42)22-11-21(31)6-7-25(22)40-13-27(32)36-37-40/h6-13,17-18,26,36-37H,3-5,14-16H2,1-2H3,(H,34,43)/t18-,26+/m1/s1. The summed E-state index contributed by atoms with van der Waals surface area (Å²) in [5, 5.41) is 5.71. The molecule has 3 aliphatic rings. The van der Waals surface area contributed by atoms with Gasteiger partial charge in [0.25, 0.3) is 5.56 Å². The maximum Gasteiger partial charge on any atom is 0.254 e. The van der Waals surface area contributed by atoms with Gasteiger partial charge in [0, 0.05) is 60.7 Å². The summed E-state index contributed by atoms with van der Waals surface area (Å²) in [4.78, 5) is 49.9. The Morgan fingerprint density at radius 1 is 1.07 bits per heavy atom. The Balaban J connectivity index is 1.38. The summed E-state index contributed by atoms with van der Waals surface area (Å²) in [6.45, 7) is 4.90. The smallest absolute Gasteiger partial charge is 0.254 e.